The second-order valence-electron chi connectivity index (χ2n) is 20.4. The van der Waals surface area contributed by atoms with Crippen LogP contribution in [0.15, 0.2) is 11.6 Å². The molecule has 2 aliphatic heterocycles. The van der Waals surface area contributed by atoms with Crippen LogP contribution in [0.2, 0.25) is 0 Å². The molecule has 0 spiro atoms. The number of ether oxygens (including phenoxy) is 3. The fourth-order valence-electron chi connectivity index (χ4n) is 13.2. The van der Waals surface area contributed by atoms with Crippen LogP contribution in [0.1, 0.15) is 197 Å². The second kappa shape index (κ2) is 15.7. The second-order valence-corrected chi connectivity index (χ2v) is 20.4. The zero-order chi connectivity index (χ0) is 36.7. The van der Waals surface area contributed by atoms with E-state index in [2.05, 4.69) is 61.5 Å². The van der Waals surface area contributed by atoms with Gasteiger partial charge in [0.15, 0.2) is 6.29 Å². The molecule has 0 radical (unpaired) electrons. The Hall–Kier alpha value is -0.910. The van der Waals surface area contributed by atoms with Crippen molar-refractivity contribution in [3.63, 3.8) is 0 Å². The van der Waals surface area contributed by atoms with Crippen molar-refractivity contribution in [2.75, 3.05) is 0 Å². The van der Waals surface area contributed by atoms with Crippen molar-refractivity contribution in [3.8, 4) is 0 Å². The van der Waals surface area contributed by atoms with Crippen molar-refractivity contribution in [3.05, 3.63) is 11.6 Å². The number of unbranched alkanes of at least 4 members (excludes halogenated alkanes) is 12. The van der Waals surface area contributed by atoms with Crippen molar-refractivity contribution in [2.24, 2.45) is 45.3 Å². The summed E-state index contributed by atoms with van der Waals surface area (Å²) in [7, 11) is 0. The molecular formula is C46H78O5. The molecule has 6 aliphatic rings. The van der Waals surface area contributed by atoms with Crippen molar-refractivity contribution in [1.29, 1.82) is 0 Å². The number of fused-ring (bicyclic) bond motifs is 5. The van der Waals surface area contributed by atoms with Crippen LogP contribution in [0.25, 0.3) is 0 Å². The number of hydrogen-bond donors (Lipinski definition) is 1. The van der Waals surface area contributed by atoms with Gasteiger partial charge in [-0.15, -0.1) is 0 Å². The van der Waals surface area contributed by atoms with Crippen molar-refractivity contribution in [2.45, 2.75) is 227 Å². The summed E-state index contributed by atoms with van der Waals surface area (Å²) in [6, 6.07) is 0. The van der Waals surface area contributed by atoms with Gasteiger partial charge in [0.25, 0.3) is 0 Å². The van der Waals surface area contributed by atoms with Gasteiger partial charge in [-0.25, -0.2) is 0 Å². The average molecular weight is 711 g/mol. The summed E-state index contributed by atoms with van der Waals surface area (Å²) in [6.07, 6.45) is 28.8. The Kier molecular flexibility index (Phi) is 12.2. The molecule has 3 saturated carbocycles. The molecule has 0 aromatic heterocycles. The first-order chi connectivity index (χ1) is 24.2. The third kappa shape index (κ3) is 7.68. The van der Waals surface area contributed by atoms with Gasteiger partial charge >= 0.3 is 5.97 Å². The highest BCUT2D eigenvalue weighted by Crippen LogP contribution is 2.74. The third-order valence-electron chi connectivity index (χ3n) is 16.7. The first kappa shape index (κ1) is 39.8. The normalized spacial score (nSPS) is 42.1. The summed E-state index contributed by atoms with van der Waals surface area (Å²) in [5.74, 6) is 1.79. The van der Waals surface area contributed by atoms with E-state index >= 15 is 0 Å². The maximum Gasteiger partial charge on any atom is 0.306 e. The molecule has 0 aromatic rings. The monoisotopic (exact) mass is 711 g/mol. The lowest BCUT2D eigenvalue weighted by atomic mass is 9.41. The zero-order valence-corrected chi connectivity index (χ0v) is 34.3. The molecule has 11 atom stereocenters. The maximum absolute atomic E-state index is 13.2. The number of aliphatic hydroxyl groups is 1. The van der Waals surface area contributed by atoms with E-state index in [1.54, 1.807) is 5.57 Å². The van der Waals surface area contributed by atoms with Crippen LogP contribution in [-0.4, -0.2) is 41.3 Å². The molecule has 0 amide bonds. The zero-order valence-electron chi connectivity index (χ0n) is 34.3. The fraction of sp³-hybridized carbons (Fsp3) is 0.935. The van der Waals surface area contributed by atoms with Gasteiger partial charge in [0, 0.05) is 17.8 Å². The van der Waals surface area contributed by atoms with E-state index in [9.17, 15) is 9.90 Å². The predicted molar refractivity (Wildman–Crippen MR) is 207 cm³/mol. The van der Waals surface area contributed by atoms with Crippen molar-refractivity contribution >= 4 is 5.97 Å². The number of carbonyl (C=O) groups excluding carboxylic acids is 1. The van der Waals surface area contributed by atoms with E-state index in [-0.39, 0.29) is 57.5 Å². The first-order valence-electron chi connectivity index (χ1n) is 22.1. The number of esters is 1. The topological polar surface area (TPSA) is 68.3 Å². The summed E-state index contributed by atoms with van der Waals surface area (Å²) >= 11 is 0. The van der Waals surface area contributed by atoms with Gasteiger partial charge in [-0.2, -0.15) is 0 Å². The highest BCUT2D eigenvalue weighted by atomic mass is 16.7. The van der Waals surface area contributed by atoms with Crippen LogP contribution in [-0.2, 0) is 19.0 Å². The molecule has 0 aromatic carbocycles. The SMILES string of the molecule is CCCCCCCCCCCCCCCC(=O)OC1CCC2(C)C3CCC4(C)C(C5CC(C6OC6(C)C)OC5O)CCC4(C)C3=CCC2C1(C)C. The van der Waals surface area contributed by atoms with E-state index in [1.165, 1.54) is 96.3 Å². The molecule has 6 rings (SSSR count). The van der Waals surface area contributed by atoms with Crippen molar-refractivity contribution in [1.82, 2.24) is 0 Å². The Balaban J connectivity index is 0.985. The number of hydrogen-bond acceptors (Lipinski definition) is 5. The number of aliphatic hydroxyl groups excluding tert-OH is 1. The Morgan fingerprint density at radius 2 is 1.43 bits per heavy atom. The molecule has 5 nitrogen and oxygen atoms in total. The van der Waals surface area contributed by atoms with E-state index in [0.29, 0.717) is 24.2 Å². The average Bonchev–Trinajstić information content (AvgIpc) is 3.40. The van der Waals surface area contributed by atoms with Gasteiger partial charge in [-0.1, -0.05) is 130 Å². The molecule has 5 heteroatoms. The van der Waals surface area contributed by atoms with E-state index in [0.717, 1.165) is 38.5 Å². The van der Waals surface area contributed by atoms with E-state index < -0.39 is 6.29 Å². The predicted octanol–water partition coefficient (Wildman–Crippen LogP) is 11.9. The van der Waals surface area contributed by atoms with Crippen LogP contribution in [0.5, 0.6) is 0 Å². The van der Waals surface area contributed by atoms with Gasteiger partial charge in [-0.3, -0.25) is 4.79 Å². The molecular weight excluding hydrogens is 633 g/mol. The van der Waals surface area contributed by atoms with Gasteiger partial charge in [0.2, 0.25) is 0 Å². The van der Waals surface area contributed by atoms with Gasteiger partial charge in [-0.05, 0) is 106 Å². The first-order valence-corrected chi connectivity index (χ1v) is 22.1. The van der Waals surface area contributed by atoms with Gasteiger partial charge in [0.1, 0.15) is 12.2 Å². The molecule has 2 heterocycles. The summed E-state index contributed by atoms with van der Waals surface area (Å²) in [5, 5.41) is 11.2. The molecule has 0 bridgehead atoms. The van der Waals surface area contributed by atoms with Crippen LogP contribution in [0.3, 0.4) is 0 Å². The summed E-state index contributed by atoms with van der Waals surface area (Å²) in [5.41, 5.74) is 2.11. The molecule has 5 fully saturated rings. The number of rotatable bonds is 17. The largest absolute Gasteiger partial charge is 0.462 e. The van der Waals surface area contributed by atoms with Crippen LogP contribution < -0.4 is 0 Å². The Bertz CT molecular complexity index is 1220. The van der Waals surface area contributed by atoms with Crippen LogP contribution in [0.4, 0.5) is 0 Å². The minimum absolute atomic E-state index is 0.0116. The van der Waals surface area contributed by atoms with Gasteiger partial charge in [0.05, 0.1) is 11.7 Å². The summed E-state index contributed by atoms with van der Waals surface area (Å²) in [6.45, 7) is 19.1. The molecule has 11 unspecified atom stereocenters. The molecule has 292 valence electrons. The highest BCUT2D eigenvalue weighted by Gasteiger charge is 2.67. The third-order valence-corrected chi connectivity index (χ3v) is 16.7. The minimum Gasteiger partial charge on any atom is -0.462 e. The standard InChI is InChI=1S/C46H78O5/c1-9-10-11-12-13-14-15-16-17-18-19-20-21-22-39(47)50-38-27-28-44(6)34-26-30-45(7)33(32-31-36(49-41(32)48)40-43(4,5)51-40)25-29-46(45,8)35(34)23-24-37(44)42(38,2)3/h23,32-34,36-38,40-41,48H,9-22,24-31H2,1-8H3. The van der Waals surface area contributed by atoms with Crippen molar-refractivity contribution < 1.29 is 24.1 Å². The number of allylic oxidation sites excluding steroid dienone is 2. The highest BCUT2D eigenvalue weighted by molar-refractivity contribution is 5.69. The maximum atomic E-state index is 13.2. The lowest BCUT2D eigenvalue weighted by molar-refractivity contribution is -0.177. The Morgan fingerprint density at radius 1 is 0.824 bits per heavy atom. The number of carbonyl (C=O) groups is 1. The number of epoxide rings is 1. The Morgan fingerprint density at radius 3 is 2.04 bits per heavy atom. The van der Waals surface area contributed by atoms with Crippen LogP contribution >= 0.6 is 0 Å². The smallest absolute Gasteiger partial charge is 0.306 e. The van der Waals surface area contributed by atoms with E-state index in [4.69, 9.17) is 14.2 Å². The fourth-order valence-corrected chi connectivity index (χ4v) is 13.2. The summed E-state index contributed by atoms with van der Waals surface area (Å²) in [4.78, 5) is 13.2. The summed E-state index contributed by atoms with van der Waals surface area (Å²) < 4.78 is 18.5. The molecule has 2 saturated heterocycles. The lowest BCUT2D eigenvalue weighted by Gasteiger charge is -2.64. The lowest BCUT2D eigenvalue weighted by Crippen LogP contribution is -2.58. The van der Waals surface area contributed by atoms with Gasteiger partial charge < -0.3 is 19.3 Å². The molecule has 1 N–H and O–H groups in total. The minimum atomic E-state index is -0.678. The quantitative estimate of drug-likeness (QED) is 0.0704. The molecule has 51 heavy (non-hydrogen) atoms. The van der Waals surface area contributed by atoms with Crippen LogP contribution in [0, 0.1) is 45.3 Å². The van der Waals surface area contributed by atoms with E-state index in [1.807, 2.05) is 0 Å². The Labute approximate surface area is 313 Å². The molecule has 4 aliphatic carbocycles.